The highest BCUT2D eigenvalue weighted by molar-refractivity contribution is 6.22. The number of fused-ring (bicyclic) bond motifs is 7. The van der Waals surface area contributed by atoms with E-state index >= 15 is 0 Å². The Balaban J connectivity index is 1.63. The van der Waals surface area contributed by atoms with Gasteiger partial charge in [0.1, 0.15) is 16.7 Å². The molecule has 2 heteroatoms. The van der Waals surface area contributed by atoms with Gasteiger partial charge in [0.25, 0.3) is 0 Å². The molecule has 6 aromatic carbocycles. The van der Waals surface area contributed by atoms with Crippen LogP contribution >= 0.6 is 0 Å². The van der Waals surface area contributed by atoms with Crippen LogP contribution in [0.4, 0.5) is 0 Å². The van der Waals surface area contributed by atoms with E-state index in [0.717, 1.165) is 16.2 Å². The molecule has 0 fully saturated rings. The van der Waals surface area contributed by atoms with Crippen LogP contribution in [0.3, 0.4) is 0 Å². The molecule has 8 aromatic rings. The molecular weight excluding hydrogens is 440 g/mol. The Morgan fingerprint density at radius 3 is 1.83 bits per heavy atom. The molecule has 0 N–H and O–H groups in total. The van der Waals surface area contributed by atoms with Crippen molar-refractivity contribution in [2.75, 3.05) is 0 Å². The molecule has 8 rings (SSSR count). The van der Waals surface area contributed by atoms with Gasteiger partial charge in [-0.3, -0.25) is 0 Å². The zero-order chi connectivity index (χ0) is 30.6. The first-order valence-corrected chi connectivity index (χ1v) is 11.5. The first kappa shape index (κ1) is 13.3. The minimum Gasteiger partial charge on any atom is -0.464 e. The summed E-state index contributed by atoms with van der Waals surface area (Å²) in [6.07, 6.45) is 1.59. The summed E-state index contributed by atoms with van der Waals surface area (Å²) in [6, 6.07) is 17.1. The van der Waals surface area contributed by atoms with Crippen molar-refractivity contribution in [3.05, 3.63) is 121 Å². The molecule has 0 amide bonds. The Bertz CT molecular complexity index is 2450. The van der Waals surface area contributed by atoms with Crippen LogP contribution in [0.15, 0.2) is 130 Å². The van der Waals surface area contributed by atoms with Gasteiger partial charge in [-0.2, -0.15) is 0 Å². The van der Waals surface area contributed by atoms with E-state index < -0.39 is 24.2 Å². The molecule has 0 saturated carbocycles. The van der Waals surface area contributed by atoms with E-state index in [1.807, 2.05) is 30.3 Å². The van der Waals surface area contributed by atoms with Gasteiger partial charge in [-0.25, -0.2) is 0 Å². The molecule has 36 heavy (non-hydrogen) atoms. The monoisotopic (exact) mass is 468 g/mol. The number of rotatable bonds is 2. The van der Waals surface area contributed by atoms with Crippen LogP contribution in [-0.4, -0.2) is 0 Å². The second-order valence-electron chi connectivity index (χ2n) is 8.70. The maximum atomic E-state index is 9.08. The molecule has 0 unspecified atom stereocenters. The molecule has 0 aliphatic heterocycles. The van der Waals surface area contributed by atoms with E-state index in [0.29, 0.717) is 33.4 Å². The van der Waals surface area contributed by atoms with E-state index in [-0.39, 0.29) is 51.3 Å². The third-order valence-corrected chi connectivity index (χ3v) is 6.80. The summed E-state index contributed by atoms with van der Waals surface area (Å²) < 4.78 is 82.3. The van der Waals surface area contributed by atoms with Crippen molar-refractivity contribution >= 4 is 54.5 Å². The van der Waals surface area contributed by atoms with Crippen LogP contribution < -0.4 is 0 Å². The first-order valence-electron chi connectivity index (χ1n) is 15.5. The second kappa shape index (κ2) is 7.34. The van der Waals surface area contributed by atoms with Crippen LogP contribution in [0.2, 0.25) is 0 Å². The lowest BCUT2D eigenvalue weighted by Crippen LogP contribution is -1.90. The molecule has 2 nitrogen and oxygen atoms in total. The topological polar surface area (TPSA) is 26.3 Å². The Morgan fingerprint density at radius 1 is 0.500 bits per heavy atom. The predicted octanol–water partition coefficient (Wildman–Crippen LogP) is 9.97. The summed E-state index contributed by atoms with van der Waals surface area (Å²) in [5.74, 6) is 0. The van der Waals surface area contributed by atoms with Crippen LogP contribution in [-0.2, 0) is 0 Å². The van der Waals surface area contributed by atoms with E-state index in [4.69, 9.17) is 19.8 Å². The Hall–Kier alpha value is -4.82. The Labute approximate surface area is 218 Å². The highest BCUT2D eigenvalue weighted by Gasteiger charge is 2.18. The standard InChI is InChI=1S/C34H20O2/c1-2-8-21(9-3-1)32-24-10-4-6-12-26(24)33(27-13-7-5-11-25(27)32)22-14-15-23-28-16-17-30-29(18-19-35-30)34(28)36-31(23)20-22/h1-20H/i4D,5D,6D,7D,10D,11D,12D,13D. The number of hydrogen-bond acceptors (Lipinski definition) is 2. The predicted molar refractivity (Wildman–Crippen MR) is 149 cm³/mol. The van der Waals surface area contributed by atoms with Crippen molar-refractivity contribution in [1.29, 1.82) is 0 Å². The molecule has 0 atom stereocenters. The molecule has 2 aromatic heterocycles. The van der Waals surface area contributed by atoms with Crippen LogP contribution in [0.1, 0.15) is 11.0 Å². The van der Waals surface area contributed by atoms with Crippen molar-refractivity contribution in [3.63, 3.8) is 0 Å². The maximum Gasteiger partial charge on any atom is 0.146 e. The highest BCUT2D eigenvalue weighted by Crippen LogP contribution is 2.44. The summed E-state index contributed by atoms with van der Waals surface area (Å²) in [7, 11) is 0. The van der Waals surface area contributed by atoms with Crippen LogP contribution in [0, 0.1) is 0 Å². The number of furan rings is 2. The van der Waals surface area contributed by atoms with Crippen molar-refractivity contribution in [1.82, 2.24) is 0 Å². The Kier molecular flexibility index (Phi) is 2.71. The molecule has 2 heterocycles. The van der Waals surface area contributed by atoms with Gasteiger partial charge in [-0.05, 0) is 74.1 Å². The molecular formula is C34H20O2. The van der Waals surface area contributed by atoms with Gasteiger partial charge in [0, 0.05) is 10.8 Å². The third-order valence-electron chi connectivity index (χ3n) is 6.80. The summed E-state index contributed by atoms with van der Waals surface area (Å²) in [6.45, 7) is 0. The van der Waals surface area contributed by atoms with Gasteiger partial charge in [-0.1, -0.05) is 84.7 Å². The average molecular weight is 469 g/mol. The zero-order valence-electron chi connectivity index (χ0n) is 26.7. The van der Waals surface area contributed by atoms with Crippen LogP contribution in [0.5, 0.6) is 0 Å². The van der Waals surface area contributed by atoms with Gasteiger partial charge < -0.3 is 8.83 Å². The molecule has 0 radical (unpaired) electrons. The van der Waals surface area contributed by atoms with Crippen molar-refractivity contribution in [2.45, 2.75) is 0 Å². The molecule has 0 saturated heterocycles. The SMILES string of the molecule is [2H]c1c([2H])c([2H])c2c(-c3ccc4c(c3)oc3c5ccoc5ccc43)c3c([2H])c([2H])c([2H])c([2H])c3c(-c3ccccc3)c2c1[2H]. The van der Waals surface area contributed by atoms with E-state index in [1.54, 1.807) is 42.7 Å². The lowest BCUT2D eigenvalue weighted by molar-refractivity contribution is 0.615. The van der Waals surface area contributed by atoms with Gasteiger partial charge in [0.2, 0.25) is 0 Å². The molecule has 0 aliphatic rings. The maximum absolute atomic E-state index is 9.08. The van der Waals surface area contributed by atoms with E-state index in [9.17, 15) is 0 Å². The van der Waals surface area contributed by atoms with Gasteiger partial charge >= 0.3 is 0 Å². The summed E-state index contributed by atoms with van der Waals surface area (Å²) in [5.41, 5.74) is 3.50. The second-order valence-corrected chi connectivity index (χ2v) is 8.70. The van der Waals surface area contributed by atoms with E-state index in [2.05, 4.69) is 0 Å². The van der Waals surface area contributed by atoms with Gasteiger partial charge in [0.05, 0.1) is 22.6 Å². The fourth-order valence-electron chi connectivity index (χ4n) is 5.24. The minimum atomic E-state index is -0.435. The van der Waals surface area contributed by atoms with Crippen molar-refractivity contribution < 1.29 is 19.8 Å². The molecule has 168 valence electrons. The molecule has 0 spiro atoms. The average Bonchev–Trinajstić information content (AvgIpc) is 3.67. The summed E-state index contributed by atoms with van der Waals surface area (Å²) >= 11 is 0. The number of hydrogen-bond donors (Lipinski definition) is 0. The summed E-state index contributed by atoms with van der Waals surface area (Å²) in [4.78, 5) is 0. The fourth-order valence-corrected chi connectivity index (χ4v) is 5.24. The Morgan fingerprint density at radius 2 is 1.14 bits per heavy atom. The zero-order valence-corrected chi connectivity index (χ0v) is 18.7. The van der Waals surface area contributed by atoms with Crippen molar-refractivity contribution in [2.24, 2.45) is 0 Å². The van der Waals surface area contributed by atoms with Gasteiger partial charge in [-0.15, -0.1) is 0 Å². The van der Waals surface area contributed by atoms with Gasteiger partial charge in [0.15, 0.2) is 0 Å². The number of benzene rings is 6. The molecule has 0 aliphatic carbocycles. The van der Waals surface area contributed by atoms with E-state index in [1.165, 1.54) is 0 Å². The minimum absolute atomic E-state index is 0.167. The largest absolute Gasteiger partial charge is 0.464 e. The quantitative estimate of drug-likeness (QED) is 0.236. The molecule has 0 bridgehead atoms. The fraction of sp³-hybridized carbons (Fsp3) is 0. The normalized spacial score (nSPS) is 15.0. The first-order chi connectivity index (χ1) is 21.2. The van der Waals surface area contributed by atoms with Crippen molar-refractivity contribution in [3.8, 4) is 22.3 Å². The lowest BCUT2D eigenvalue weighted by Gasteiger charge is -2.17. The highest BCUT2D eigenvalue weighted by atomic mass is 16.3. The lowest BCUT2D eigenvalue weighted by atomic mass is 9.86. The smallest absolute Gasteiger partial charge is 0.146 e. The van der Waals surface area contributed by atoms with Crippen LogP contribution in [0.25, 0.3) is 76.7 Å². The summed E-state index contributed by atoms with van der Waals surface area (Å²) in [5, 5.41) is 3.20. The third kappa shape index (κ3) is 2.67.